The highest BCUT2D eigenvalue weighted by Gasteiger charge is 2.26. The molecule has 6 heteroatoms. The highest BCUT2D eigenvalue weighted by Crippen LogP contribution is 2.45. The SMILES string of the molecule is COc1cc2sc3c(c2cc1OC)CCOC3CCC(=O)O. The van der Waals surface area contributed by atoms with Crippen molar-refractivity contribution in [2.24, 2.45) is 0 Å². The van der Waals surface area contributed by atoms with Crippen molar-refractivity contribution in [3.05, 3.63) is 22.6 Å². The van der Waals surface area contributed by atoms with Crippen LogP contribution in [0, 0.1) is 0 Å². The molecule has 0 radical (unpaired) electrons. The summed E-state index contributed by atoms with van der Waals surface area (Å²) in [6.07, 6.45) is 1.33. The first-order chi connectivity index (χ1) is 10.6. The van der Waals surface area contributed by atoms with E-state index in [1.54, 1.807) is 25.6 Å². The molecule has 118 valence electrons. The first kappa shape index (κ1) is 15.1. The number of aliphatic carboxylic acids is 1. The van der Waals surface area contributed by atoms with Crippen LogP contribution < -0.4 is 9.47 Å². The predicted octanol–water partition coefficient (Wildman–Crippen LogP) is 3.40. The van der Waals surface area contributed by atoms with E-state index >= 15 is 0 Å². The average molecular weight is 322 g/mol. The molecule has 1 aromatic heterocycles. The lowest BCUT2D eigenvalue weighted by atomic mass is 10.0. The van der Waals surface area contributed by atoms with Crippen LogP contribution >= 0.6 is 11.3 Å². The van der Waals surface area contributed by atoms with Gasteiger partial charge >= 0.3 is 5.97 Å². The molecular weight excluding hydrogens is 304 g/mol. The van der Waals surface area contributed by atoms with Gasteiger partial charge in [-0.15, -0.1) is 11.3 Å². The lowest BCUT2D eigenvalue weighted by Crippen LogP contribution is -2.15. The van der Waals surface area contributed by atoms with E-state index in [4.69, 9.17) is 19.3 Å². The molecule has 1 aromatic carbocycles. The highest BCUT2D eigenvalue weighted by molar-refractivity contribution is 7.19. The Morgan fingerprint density at radius 2 is 2.09 bits per heavy atom. The maximum Gasteiger partial charge on any atom is 0.303 e. The summed E-state index contributed by atoms with van der Waals surface area (Å²) in [6.45, 7) is 0.622. The third-order valence-corrected chi connectivity index (χ3v) is 5.20. The van der Waals surface area contributed by atoms with E-state index in [9.17, 15) is 4.79 Å². The Morgan fingerprint density at radius 1 is 1.36 bits per heavy atom. The fourth-order valence-electron chi connectivity index (χ4n) is 2.86. The van der Waals surface area contributed by atoms with E-state index in [0.717, 1.165) is 21.4 Å². The Labute approximate surface area is 132 Å². The Bertz CT molecular complexity index is 706. The number of fused-ring (bicyclic) bond motifs is 3. The van der Waals surface area contributed by atoms with E-state index in [1.807, 2.05) is 12.1 Å². The van der Waals surface area contributed by atoms with Gasteiger partial charge in [0.15, 0.2) is 11.5 Å². The molecule has 1 aliphatic rings. The second kappa shape index (κ2) is 6.14. The molecule has 1 aliphatic heterocycles. The van der Waals surface area contributed by atoms with Crippen molar-refractivity contribution in [1.82, 2.24) is 0 Å². The van der Waals surface area contributed by atoms with E-state index < -0.39 is 5.97 Å². The number of methoxy groups -OCH3 is 2. The van der Waals surface area contributed by atoms with Gasteiger partial charge in [0.1, 0.15) is 0 Å². The lowest BCUT2D eigenvalue weighted by Gasteiger charge is -2.22. The molecule has 1 atom stereocenters. The van der Waals surface area contributed by atoms with Crippen LogP contribution in [0.1, 0.15) is 29.4 Å². The van der Waals surface area contributed by atoms with Gasteiger partial charge in [0.05, 0.1) is 26.9 Å². The van der Waals surface area contributed by atoms with Gasteiger partial charge in [-0.25, -0.2) is 0 Å². The van der Waals surface area contributed by atoms with E-state index in [0.29, 0.717) is 24.5 Å². The van der Waals surface area contributed by atoms with Crippen molar-refractivity contribution >= 4 is 27.4 Å². The smallest absolute Gasteiger partial charge is 0.303 e. The topological polar surface area (TPSA) is 65.0 Å². The number of carboxylic acids is 1. The van der Waals surface area contributed by atoms with Crippen LogP contribution in [0.15, 0.2) is 12.1 Å². The van der Waals surface area contributed by atoms with E-state index in [-0.39, 0.29) is 12.5 Å². The molecule has 1 N–H and O–H groups in total. The first-order valence-electron chi connectivity index (χ1n) is 7.14. The summed E-state index contributed by atoms with van der Waals surface area (Å²) in [5.74, 6) is 0.626. The summed E-state index contributed by atoms with van der Waals surface area (Å²) < 4.78 is 17.6. The summed E-state index contributed by atoms with van der Waals surface area (Å²) in [6, 6.07) is 3.98. The van der Waals surface area contributed by atoms with E-state index in [1.165, 1.54) is 5.56 Å². The fraction of sp³-hybridized carbons (Fsp3) is 0.438. The Balaban J connectivity index is 2.04. The number of rotatable bonds is 5. The Morgan fingerprint density at radius 3 is 2.77 bits per heavy atom. The number of hydrogen-bond donors (Lipinski definition) is 1. The van der Waals surface area contributed by atoms with Gasteiger partial charge in [0.25, 0.3) is 0 Å². The largest absolute Gasteiger partial charge is 0.493 e. The summed E-state index contributed by atoms with van der Waals surface area (Å²) >= 11 is 1.65. The second-order valence-electron chi connectivity index (χ2n) is 5.19. The molecule has 2 aromatic rings. The number of hydrogen-bond acceptors (Lipinski definition) is 5. The maximum atomic E-state index is 10.8. The molecular formula is C16H18O5S. The summed E-state index contributed by atoms with van der Waals surface area (Å²) in [4.78, 5) is 11.9. The molecule has 2 heterocycles. The van der Waals surface area contributed by atoms with Gasteiger partial charge in [0, 0.05) is 27.5 Å². The molecule has 0 fully saturated rings. The second-order valence-corrected chi connectivity index (χ2v) is 6.27. The molecule has 0 saturated heterocycles. The average Bonchev–Trinajstić information content (AvgIpc) is 2.89. The summed E-state index contributed by atoms with van der Waals surface area (Å²) in [5.41, 5.74) is 1.25. The quantitative estimate of drug-likeness (QED) is 0.914. The highest BCUT2D eigenvalue weighted by atomic mass is 32.1. The van der Waals surface area contributed by atoms with Gasteiger partial charge in [0.2, 0.25) is 0 Å². The minimum Gasteiger partial charge on any atom is -0.493 e. The van der Waals surface area contributed by atoms with Gasteiger partial charge in [-0.2, -0.15) is 0 Å². The minimum atomic E-state index is -0.792. The van der Waals surface area contributed by atoms with Crippen LogP contribution in [0.5, 0.6) is 11.5 Å². The molecule has 22 heavy (non-hydrogen) atoms. The van der Waals surface area contributed by atoms with Crippen LogP contribution in [-0.2, 0) is 16.0 Å². The van der Waals surface area contributed by atoms with Gasteiger partial charge in [-0.3, -0.25) is 4.79 Å². The minimum absolute atomic E-state index is 0.116. The molecule has 5 nitrogen and oxygen atoms in total. The molecule has 0 bridgehead atoms. The van der Waals surface area contributed by atoms with Crippen molar-refractivity contribution in [3.8, 4) is 11.5 Å². The zero-order chi connectivity index (χ0) is 15.7. The van der Waals surface area contributed by atoms with Crippen LogP contribution in [0.2, 0.25) is 0 Å². The molecule has 0 spiro atoms. The van der Waals surface area contributed by atoms with Crippen molar-refractivity contribution in [3.63, 3.8) is 0 Å². The number of ether oxygens (including phenoxy) is 3. The Kier molecular flexibility index (Phi) is 4.22. The fourth-order valence-corrected chi connectivity index (χ4v) is 4.21. The normalized spacial score (nSPS) is 17.3. The van der Waals surface area contributed by atoms with Crippen molar-refractivity contribution in [2.45, 2.75) is 25.4 Å². The summed E-state index contributed by atoms with van der Waals surface area (Å²) in [5, 5.41) is 10.0. The molecule has 1 unspecified atom stereocenters. The first-order valence-corrected chi connectivity index (χ1v) is 7.96. The number of carbonyl (C=O) groups is 1. The third-order valence-electron chi connectivity index (χ3n) is 3.91. The number of thiophene rings is 1. The molecule has 0 amide bonds. The number of carboxylic acid groups (broad SMARTS) is 1. The zero-order valence-electron chi connectivity index (χ0n) is 12.5. The van der Waals surface area contributed by atoms with Crippen molar-refractivity contribution in [1.29, 1.82) is 0 Å². The van der Waals surface area contributed by atoms with Gasteiger partial charge < -0.3 is 19.3 Å². The molecule has 0 saturated carbocycles. The zero-order valence-corrected chi connectivity index (χ0v) is 13.4. The van der Waals surface area contributed by atoms with E-state index in [2.05, 4.69) is 0 Å². The monoisotopic (exact) mass is 322 g/mol. The number of benzene rings is 1. The summed E-state index contributed by atoms with van der Waals surface area (Å²) in [7, 11) is 3.25. The standard InChI is InChI=1S/C16H18O5S/c1-19-12-7-10-9-5-6-21-11(3-4-15(17)18)16(9)22-14(10)8-13(12)20-2/h7-8,11H,3-6H2,1-2H3,(H,17,18). The van der Waals surface area contributed by atoms with Gasteiger partial charge in [-0.05, 0) is 24.5 Å². The van der Waals surface area contributed by atoms with Gasteiger partial charge in [-0.1, -0.05) is 0 Å². The molecule has 0 aliphatic carbocycles. The lowest BCUT2D eigenvalue weighted by molar-refractivity contribution is -0.137. The maximum absolute atomic E-state index is 10.8. The van der Waals surface area contributed by atoms with Crippen molar-refractivity contribution in [2.75, 3.05) is 20.8 Å². The Hall–Kier alpha value is -1.79. The third kappa shape index (κ3) is 2.64. The van der Waals surface area contributed by atoms with Crippen molar-refractivity contribution < 1.29 is 24.1 Å². The van der Waals surface area contributed by atoms with Crippen LogP contribution in [-0.4, -0.2) is 31.9 Å². The van der Waals surface area contributed by atoms with Crippen LogP contribution in [0.4, 0.5) is 0 Å². The molecule has 3 rings (SSSR count). The predicted molar refractivity (Wildman–Crippen MR) is 84.2 cm³/mol. The van der Waals surface area contributed by atoms with Crippen LogP contribution in [0.3, 0.4) is 0 Å². The van der Waals surface area contributed by atoms with Crippen LogP contribution in [0.25, 0.3) is 10.1 Å².